The minimum atomic E-state index is -0.607. The maximum absolute atomic E-state index is 13.3. The Hall–Kier alpha value is -3.44. The molecule has 6 heteroatoms. The molecule has 0 spiro atoms. The van der Waals surface area contributed by atoms with Gasteiger partial charge in [-0.1, -0.05) is 29.8 Å². The van der Waals surface area contributed by atoms with E-state index < -0.39 is 11.0 Å². The predicted octanol–water partition coefficient (Wildman–Crippen LogP) is 5.96. The van der Waals surface area contributed by atoms with Gasteiger partial charge in [-0.2, -0.15) is 0 Å². The monoisotopic (exact) mass is 405 g/mol. The first-order chi connectivity index (χ1) is 13.9. The molecule has 0 radical (unpaired) electrons. The van der Waals surface area contributed by atoms with Crippen molar-refractivity contribution >= 4 is 29.1 Å². The van der Waals surface area contributed by atoms with Crippen LogP contribution in [0, 0.1) is 17.0 Å². The van der Waals surface area contributed by atoms with Crippen molar-refractivity contribution in [3.05, 3.63) is 110 Å². The number of rotatable bonds is 3. The third-order valence-electron chi connectivity index (χ3n) is 4.77. The van der Waals surface area contributed by atoms with Gasteiger partial charge in [-0.15, -0.1) is 0 Å². The topological polar surface area (TPSA) is 69.4 Å². The average Bonchev–Trinajstić information content (AvgIpc) is 2.71. The molecule has 1 aliphatic rings. The number of hydrogen-bond donors (Lipinski definition) is 0. The summed E-state index contributed by atoms with van der Waals surface area (Å²) in [6, 6.07) is 18.7. The lowest BCUT2D eigenvalue weighted by Gasteiger charge is -2.28. The highest BCUT2D eigenvalue weighted by Gasteiger charge is 2.33. The molecule has 1 aliphatic heterocycles. The second kappa shape index (κ2) is 7.53. The molecule has 0 amide bonds. The number of ether oxygens (including phenoxy) is 1. The number of hydrogen-bond acceptors (Lipinski definition) is 4. The Morgan fingerprint density at radius 2 is 1.72 bits per heavy atom. The molecule has 0 fully saturated rings. The van der Waals surface area contributed by atoms with Crippen LogP contribution >= 0.6 is 11.6 Å². The number of non-ortho nitro benzene ring substituents is 1. The maximum Gasteiger partial charge on any atom is 0.269 e. The van der Waals surface area contributed by atoms with E-state index in [9.17, 15) is 14.9 Å². The molecule has 4 rings (SSSR count). The number of fused-ring (bicyclic) bond motifs is 1. The van der Waals surface area contributed by atoms with E-state index in [1.807, 2.05) is 31.2 Å². The Morgan fingerprint density at radius 1 is 1.03 bits per heavy atom. The lowest BCUT2D eigenvalue weighted by atomic mass is 9.89. The number of ketones is 1. The van der Waals surface area contributed by atoms with Gasteiger partial charge in [0.25, 0.3) is 5.69 Å². The number of carbonyl (C=O) groups is 1. The highest BCUT2D eigenvalue weighted by atomic mass is 35.5. The summed E-state index contributed by atoms with van der Waals surface area (Å²) in [4.78, 5) is 23.7. The molecule has 0 N–H and O–H groups in total. The van der Waals surface area contributed by atoms with Crippen LogP contribution in [0.3, 0.4) is 0 Å². The van der Waals surface area contributed by atoms with Gasteiger partial charge in [0.1, 0.15) is 5.75 Å². The van der Waals surface area contributed by atoms with Crippen molar-refractivity contribution in [2.24, 2.45) is 0 Å². The number of carbonyl (C=O) groups excluding carboxylic acids is 1. The van der Waals surface area contributed by atoms with Crippen LogP contribution in [0.1, 0.15) is 33.2 Å². The fourth-order valence-electron chi connectivity index (χ4n) is 3.28. The molecule has 0 saturated heterocycles. The highest BCUT2D eigenvalue weighted by Crippen LogP contribution is 2.40. The lowest BCUT2D eigenvalue weighted by Crippen LogP contribution is -2.23. The number of aryl methyl sites for hydroxylation is 1. The quantitative estimate of drug-likeness (QED) is 0.306. The second-order valence-electron chi connectivity index (χ2n) is 6.83. The van der Waals surface area contributed by atoms with Crippen molar-refractivity contribution in [1.29, 1.82) is 0 Å². The fraction of sp³-hybridized carbons (Fsp3) is 0.0870. The molecule has 1 unspecified atom stereocenters. The van der Waals surface area contributed by atoms with Crippen molar-refractivity contribution in [3.8, 4) is 5.75 Å². The number of Topliss-reactive ketones (excluding diaryl/α,β-unsaturated/α-hetero) is 1. The molecular weight excluding hydrogens is 390 g/mol. The van der Waals surface area contributed by atoms with E-state index in [4.69, 9.17) is 16.3 Å². The first-order valence-corrected chi connectivity index (χ1v) is 9.34. The van der Waals surface area contributed by atoms with Crippen LogP contribution in [0.15, 0.2) is 72.3 Å². The van der Waals surface area contributed by atoms with Crippen molar-refractivity contribution < 1.29 is 14.5 Å². The Balaban J connectivity index is 1.82. The van der Waals surface area contributed by atoms with Crippen LogP contribution in [0.5, 0.6) is 5.75 Å². The Morgan fingerprint density at radius 3 is 2.38 bits per heavy atom. The summed E-state index contributed by atoms with van der Waals surface area (Å²) < 4.78 is 6.22. The molecule has 3 aromatic rings. The van der Waals surface area contributed by atoms with Gasteiger partial charge in [0.15, 0.2) is 11.9 Å². The third-order valence-corrected chi connectivity index (χ3v) is 5.02. The summed E-state index contributed by atoms with van der Waals surface area (Å²) in [6.07, 6.45) is 1.11. The fourth-order valence-corrected chi connectivity index (χ4v) is 3.40. The Bertz CT molecular complexity index is 1130. The van der Waals surface area contributed by atoms with Crippen molar-refractivity contribution in [3.63, 3.8) is 0 Å². The van der Waals surface area contributed by atoms with E-state index in [1.54, 1.807) is 36.4 Å². The lowest BCUT2D eigenvalue weighted by molar-refractivity contribution is -0.384. The summed E-state index contributed by atoms with van der Waals surface area (Å²) in [5.74, 6) is 0.403. The first kappa shape index (κ1) is 18.9. The number of nitrogens with zero attached hydrogens (tertiary/aromatic N) is 1. The number of nitro groups is 1. The zero-order chi connectivity index (χ0) is 20.5. The summed E-state index contributed by atoms with van der Waals surface area (Å²) in [7, 11) is 0. The standard InChI is InChI=1S/C23H16ClNO4/c1-14-2-11-19-21(12-14)29-23(16-5-7-17(24)8-6-16)20(22(19)26)13-15-3-9-18(10-4-15)25(27)28/h2-13,23H,1H3/b20-13-. The number of halogens is 1. The van der Waals surface area contributed by atoms with Crippen LogP contribution in [-0.2, 0) is 0 Å². The van der Waals surface area contributed by atoms with Crippen LogP contribution in [-0.4, -0.2) is 10.7 Å². The number of benzene rings is 3. The van der Waals surface area contributed by atoms with Gasteiger partial charge >= 0.3 is 0 Å². The minimum absolute atomic E-state index is 0.00607. The second-order valence-corrected chi connectivity index (χ2v) is 7.26. The van der Waals surface area contributed by atoms with E-state index in [0.717, 1.165) is 11.1 Å². The van der Waals surface area contributed by atoms with E-state index in [2.05, 4.69) is 0 Å². The average molecular weight is 406 g/mol. The van der Waals surface area contributed by atoms with Crippen LogP contribution < -0.4 is 4.74 Å². The zero-order valence-corrected chi connectivity index (χ0v) is 16.2. The van der Waals surface area contributed by atoms with Gasteiger partial charge in [0.05, 0.1) is 10.5 Å². The van der Waals surface area contributed by atoms with Crippen molar-refractivity contribution in [2.75, 3.05) is 0 Å². The predicted molar refractivity (Wildman–Crippen MR) is 111 cm³/mol. The third kappa shape index (κ3) is 3.77. The van der Waals surface area contributed by atoms with E-state index in [0.29, 0.717) is 27.5 Å². The van der Waals surface area contributed by atoms with Gasteiger partial charge in [-0.3, -0.25) is 14.9 Å². The molecule has 0 bridgehead atoms. The van der Waals surface area contributed by atoms with Gasteiger partial charge in [0, 0.05) is 22.7 Å². The molecule has 0 saturated carbocycles. The van der Waals surface area contributed by atoms with Gasteiger partial charge in [-0.25, -0.2) is 0 Å². The SMILES string of the molecule is Cc1ccc2c(c1)OC(c1ccc(Cl)cc1)/C(=C\c1ccc([N+](=O)[O-])cc1)C2=O. The molecule has 1 heterocycles. The highest BCUT2D eigenvalue weighted by molar-refractivity contribution is 6.30. The molecule has 3 aromatic carbocycles. The van der Waals surface area contributed by atoms with E-state index >= 15 is 0 Å². The van der Waals surface area contributed by atoms with Gasteiger partial charge in [-0.05, 0) is 66.1 Å². The van der Waals surface area contributed by atoms with Crippen LogP contribution in [0.2, 0.25) is 5.02 Å². The molecular formula is C23H16ClNO4. The van der Waals surface area contributed by atoms with Crippen LogP contribution in [0.25, 0.3) is 6.08 Å². The molecule has 0 aromatic heterocycles. The summed E-state index contributed by atoms with van der Waals surface area (Å²) in [5.41, 5.74) is 3.41. The zero-order valence-electron chi connectivity index (χ0n) is 15.5. The summed E-state index contributed by atoms with van der Waals surface area (Å²) in [6.45, 7) is 1.94. The minimum Gasteiger partial charge on any atom is -0.480 e. The normalized spacial score (nSPS) is 17.0. The molecule has 5 nitrogen and oxygen atoms in total. The van der Waals surface area contributed by atoms with Crippen LogP contribution in [0.4, 0.5) is 5.69 Å². The molecule has 144 valence electrons. The maximum atomic E-state index is 13.3. The van der Waals surface area contributed by atoms with Gasteiger partial charge in [0.2, 0.25) is 0 Å². The summed E-state index contributed by atoms with van der Waals surface area (Å²) in [5, 5.41) is 11.5. The largest absolute Gasteiger partial charge is 0.480 e. The molecule has 0 aliphatic carbocycles. The van der Waals surface area contributed by atoms with E-state index in [1.165, 1.54) is 12.1 Å². The van der Waals surface area contributed by atoms with Gasteiger partial charge < -0.3 is 4.74 Å². The smallest absolute Gasteiger partial charge is 0.269 e. The van der Waals surface area contributed by atoms with E-state index in [-0.39, 0.29) is 11.5 Å². The Kier molecular flexibility index (Phi) is 4.91. The first-order valence-electron chi connectivity index (χ1n) is 8.96. The van der Waals surface area contributed by atoms with Crippen molar-refractivity contribution in [1.82, 2.24) is 0 Å². The molecule has 29 heavy (non-hydrogen) atoms. The van der Waals surface area contributed by atoms with Crippen molar-refractivity contribution in [2.45, 2.75) is 13.0 Å². The summed E-state index contributed by atoms with van der Waals surface area (Å²) >= 11 is 6.01. The number of nitro benzene ring substituents is 1. The Labute approximate surface area is 172 Å². The molecule has 1 atom stereocenters.